The van der Waals surface area contributed by atoms with Crippen molar-refractivity contribution in [2.75, 3.05) is 26.2 Å². The van der Waals surface area contributed by atoms with Crippen LogP contribution in [0.2, 0.25) is 0 Å². The first-order valence-electron chi connectivity index (χ1n) is 9.60. The van der Waals surface area contributed by atoms with Gasteiger partial charge in [0.15, 0.2) is 5.96 Å². The molecule has 1 aromatic rings. The molecule has 0 radical (unpaired) electrons. The number of benzene rings is 1. The van der Waals surface area contributed by atoms with E-state index in [9.17, 15) is 9.18 Å². The van der Waals surface area contributed by atoms with Crippen LogP contribution in [0.5, 0.6) is 0 Å². The summed E-state index contributed by atoms with van der Waals surface area (Å²) in [7, 11) is 0. The molecule has 1 fully saturated rings. The number of rotatable bonds is 9. The zero-order chi connectivity index (χ0) is 18.8. The van der Waals surface area contributed by atoms with E-state index in [2.05, 4.69) is 22.9 Å². The first-order valence-corrected chi connectivity index (χ1v) is 9.60. The van der Waals surface area contributed by atoms with Crippen LogP contribution in [0.1, 0.15) is 45.1 Å². The molecule has 0 bridgehead atoms. The Morgan fingerprint density at radius 2 is 1.78 bits per heavy atom. The second-order valence-electron chi connectivity index (χ2n) is 6.98. The van der Waals surface area contributed by atoms with E-state index < -0.39 is 0 Å². The first kappa shape index (κ1) is 23.7. The van der Waals surface area contributed by atoms with Gasteiger partial charge in [0.1, 0.15) is 5.82 Å². The minimum absolute atomic E-state index is 0. The van der Waals surface area contributed by atoms with E-state index in [0.717, 1.165) is 24.6 Å². The Morgan fingerprint density at radius 1 is 1.11 bits per heavy atom. The van der Waals surface area contributed by atoms with Crippen LogP contribution < -0.4 is 16.0 Å². The molecule has 5 nitrogen and oxygen atoms in total. The Bertz CT molecular complexity index is 597. The molecule has 7 heteroatoms. The highest BCUT2D eigenvalue weighted by Gasteiger charge is 2.34. The summed E-state index contributed by atoms with van der Waals surface area (Å²) in [6.07, 6.45) is 5.29. The maximum atomic E-state index is 12.9. The van der Waals surface area contributed by atoms with E-state index in [4.69, 9.17) is 4.99 Å². The highest BCUT2D eigenvalue weighted by atomic mass is 127. The van der Waals surface area contributed by atoms with E-state index in [0.29, 0.717) is 18.5 Å². The minimum Gasteiger partial charge on any atom is -0.357 e. The van der Waals surface area contributed by atoms with Crippen molar-refractivity contribution in [3.8, 4) is 0 Å². The van der Waals surface area contributed by atoms with E-state index in [1.807, 2.05) is 6.92 Å². The fourth-order valence-electron chi connectivity index (χ4n) is 3.12. The van der Waals surface area contributed by atoms with Crippen LogP contribution in [0.3, 0.4) is 0 Å². The molecule has 1 aliphatic rings. The molecule has 0 spiro atoms. The number of aliphatic imine (C=N–C) groups is 1. The lowest BCUT2D eigenvalue weighted by molar-refractivity contribution is -0.120. The molecule has 0 heterocycles. The maximum Gasteiger partial charge on any atom is 0.224 e. The number of hydrogen-bond donors (Lipinski definition) is 3. The Balaban J connectivity index is 0.00000364. The lowest BCUT2D eigenvalue weighted by Crippen LogP contribution is -2.43. The number of hydrogen-bond acceptors (Lipinski definition) is 2. The Morgan fingerprint density at radius 3 is 2.33 bits per heavy atom. The molecular weight excluding hydrogens is 458 g/mol. The largest absolute Gasteiger partial charge is 0.357 e. The third-order valence-corrected chi connectivity index (χ3v) is 5.10. The number of nitrogens with one attached hydrogen (secondary N) is 3. The van der Waals surface area contributed by atoms with E-state index in [-0.39, 0.29) is 42.1 Å². The van der Waals surface area contributed by atoms with Gasteiger partial charge in [-0.15, -0.1) is 24.0 Å². The summed E-state index contributed by atoms with van der Waals surface area (Å²) in [5.74, 6) is 0.445. The third-order valence-electron chi connectivity index (χ3n) is 5.10. The number of carbonyl (C=O) groups is 1. The van der Waals surface area contributed by atoms with E-state index in [1.54, 1.807) is 12.1 Å². The Kier molecular flexibility index (Phi) is 10.6. The number of carbonyl (C=O) groups excluding carboxylic acids is 1. The Labute approximate surface area is 179 Å². The zero-order valence-corrected chi connectivity index (χ0v) is 18.6. The molecule has 3 N–H and O–H groups in total. The molecule has 0 saturated heterocycles. The van der Waals surface area contributed by atoms with Gasteiger partial charge in [0, 0.05) is 26.2 Å². The van der Waals surface area contributed by atoms with Crippen molar-refractivity contribution in [2.24, 2.45) is 10.4 Å². The molecule has 2 rings (SSSR count). The van der Waals surface area contributed by atoms with Crippen molar-refractivity contribution in [3.63, 3.8) is 0 Å². The van der Waals surface area contributed by atoms with Crippen molar-refractivity contribution in [3.05, 3.63) is 35.6 Å². The molecule has 0 aliphatic heterocycles. The summed E-state index contributed by atoms with van der Waals surface area (Å²) in [6, 6.07) is 6.00. The molecule has 0 aromatic heterocycles. The molecule has 1 aromatic carbocycles. The van der Waals surface area contributed by atoms with Gasteiger partial charge >= 0.3 is 0 Å². The highest BCUT2D eigenvalue weighted by molar-refractivity contribution is 14.0. The van der Waals surface area contributed by atoms with Gasteiger partial charge in [-0.05, 0) is 49.3 Å². The van der Waals surface area contributed by atoms with Gasteiger partial charge in [-0.3, -0.25) is 9.79 Å². The molecule has 27 heavy (non-hydrogen) atoms. The fourth-order valence-corrected chi connectivity index (χ4v) is 3.12. The van der Waals surface area contributed by atoms with Gasteiger partial charge in [0.25, 0.3) is 0 Å². The van der Waals surface area contributed by atoms with Crippen molar-refractivity contribution < 1.29 is 9.18 Å². The number of amides is 1. The van der Waals surface area contributed by atoms with Crippen molar-refractivity contribution >= 4 is 35.8 Å². The smallest absolute Gasteiger partial charge is 0.224 e. The third kappa shape index (κ3) is 8.02. The topological polar surface area (TPSA) is 65.5 Å². The summed E-state index contributed by atoms with van der Waals surface area (Å²) in [4.78, 5) is 16.6. The molecule has 152 valence electrons. The van der Waals surface area contributed by atoms with Crippen LogP contribution in [0.25, 0.3) is 0 Å². The van der Waals surface area contributed by atoms with Crippen LogP contribution in [0.4, 0.5) is 4.39 Å². The van der Waals surface area contributed by atoms with Crippen LogP contribution in [0.15, 0.2) is 29.3 Å². The fraction of sp³-hybridized carbons (Fsp3) is 0.600. The standard InChI is InChI=1S/C20H31FN4O.HI/c1-3-20(10-5-11-20)15-25-19(22-4-2)24-13-12-23-18(26)14-16-6-8-17(21)9-7-16;/h6-9H,3-5,10-15H2,1-2H3,(H,23,26)(H2,22,24,25);1H. The lowest BCUT2D eigenvalue weighted by atomic mass is 9.67. The average molecular weight is 490 g/mol. The first-order chi connectivity index (χ1) is 12.6. The number of halogens is 2. The highest BCUT2D eigenvalue weighted by Crippen LogP contribution is 2.43. The summed E-state index contributed by atoms with van der Waals surface area (Å²) in [6.45, 7) is 7.08. The second kappa shape index (κ2) is 12.2. The van der Waals surface area contributed by atoms with Crippen LogP contribution in [0, 0.1) is 11.2 Å². The van der Waals surface area contributed by atoms with Gasteiger partial charge in [0.05, 0.1) is 6.42 Å². The molecule has 0 unspecified atom stereocenters. The van der Waals surface area contributed by atoms with Crippen LogP contribution in [-0.4, -0.2) is 38.0 Å². The van der Waals surface area contributed by atoms with Crippen molar-refractivity contribution in [1.29, 1.82) is 0 Å². The summed E-state index contributed by atoms with van der Waals surface area (Å²) >= 11 is 0. The summed E-state index contributed by atoms with van der Waals surface area (Å²) in [5.41, 5.74) is 1.20. The van der Waals surface area contributed by atoms with Gasteiger partial charge in [-0.2, -0.15) is 0 Å². The lowest BCUT2D eigenvalue weighted by Gasteiger charge is -2.40. The second-order valence-corrected chi connectivity index (χ2v) is 6.98. The van der Waals surface area contributed by atoms with Crippen LogP contribution in [-0.2, 0) is 11.2 Å². The average Bonchev–Trinajstić information content (AvgIpc) is 2.60. The van der Waals surface area contributed by atoms with E-state index >= 15 is 0 Å². The zero-order valence-electron chi connectivity index (χ0n) is 16.3. The number of guanidine groups is 1. The molecular formula is C20H32FIN4O. The maximum absolute atomic E-state index is 12.9. The van der Waals surface area contributed by atoms with E-state index in [1.165, 1.54) is 37.8 Å². The summed E-state index contributed by atoms with van der Waals surface area (Å²) in [5, 5.41) is 9.39. The predicted molar refractivity (Wildman–Crippen MR) is 119 cm³/mol. The molecule has 1 aliphatic carbocycles. The SMILES string of the molecule is CCNC(=NCC1(CC)CCC1)NCCNC(=O)Cc1ccc(F)cc1.I. The van der Waals surface area contributed by atoms with Gasteiger partial charge < -0.3 is 16.0 Å². The van der Waals surface area contributed by atoms with Crippen molar-refractivity contribution in [2.45, 2.75) is 46.0 Å². The molecule has 1 amide bonds. The minimum atomic E-state index is -0.291. The van der Waals surface area contributed by atoms with Gasteiger partial charge in [-0.25, -0.2) is 4.39 Å². The normalized spacial score (nSPS) is 15.3. The summed E-state index contributed by atoms with van der Waals surface area (Å²) < 4.78 is 12.9. The van der Waals surface area contributed by atoms with Crippen LogP contribution >= 0.6 is 24.0 Å². The molecule has 1 saturated carbocycles. The monoisotopic (exact) mass is 490 g/mol. The van der Waals surface area contributed by atoms with Gasteiger partial charge in [-0.1, -0.05) is 25.5 Å². The molecule has 0 atom stereocenters. The van der Waals surface area contributed by atoms with Gasteiger partial charge in [0.2, 0.25) is 5.91 Å². The quantitative estimate of drug-likeness (QED) is 0.216. The van der Waals surface area contributed by atoms with Crippen molar-refractivity contribution in [1.82, 2.24) is 16.0 Å². The predicted octanol–water partition coefficient (Wildman–Crippen LogP) is 3.24. The Hall–Kier alpha value is -1.38. The number of nitrogens with zero attached hydrogens (tertiary/aromatic N) is 1.